The van der Waals surface area contributed by atoms with Crippen molar-refractivity contribution in [1.82, 2.24) is 5.32 Å². The maximum Gasteiger partial charge on any atom is 0.348 e. The second kappa shape index (κ2) is 9.11. The summed E-state index contributed by atoms with van der Waals surface area (Å²) >= 11 is 0. The number of para-hydroxylation sites is 1. The minimum atomic E-state index is -1.01. The second-order valence-corrected chi connectivity index (χ2v) is 7.84. The number of carbonyl (C=O) groups is 3. The van der Waals surface area contributed by atoms with Crippen molar-refractivity contribution in [1.29, 1.82) is 0 Å². The Morgan fingerprint density at radius 3 is 2.62 bits per heavy atom. The van der Waals surface area contributed by atoms with Crippen LogP contribution in [0.5, 0.6) is 0 Å². The molecule has 156 valence electrons. The van der Waals surface area contributed by atoms with Gasteiger partial charge in [0.15, 0.2) is 18.3 Å². The van der Waals surface area contributed by atoms with Crippen molar-refractivity contribution in [3.63, 3.8) is 0 Å². The largest absolute Gasteiger partial charge is 0.470 e. The van der Waals surface area contributed by atoms with Crippen molar-refractivity contribution < 1.29 is 23.9 Å². The van der Waals surface area contributed by atoms with Crippen LogP contribution in [0.15, 0.2) is 41.8 Å². The molecule has 1 aliphatic heterocycles. The maximum absolute atomic E-state index is 12.6. The van der Waals surface area contributed by atoms with Gasteiger partial charge >= 0.3 is 5.97 Å². The standard InChI is InChI=1S/C22H28N2O5/c1-13-8-7-11-17(14(13)2)24-20(26)15(3)29-22(27)19-18(25)12-28-21(19)23-16-9-5-4-6-10-16/h4-6,9-10,13-15,17,23H,7-8,11-12H2,1-3H3,(H,24,26)/t13-,14-,15-,17+/m1/s1. The lowest BCUT2D eigenvalue weighted by Gasteiger charge is -2.35. The van der Waals surface area contributed by atoms with E-state index in [-0.39, 0.29) is 30.0 Å². The number of benzene rings is 1. The molecule has 7 heteroatoms. The smallest absolute Gasteiger partial charge is 0.348 e. The van der Waals surface area contributed by atoms with Gasteiger partial charge in [0, 0.05) is 11.7 Å². The summed E-state index contributed by atoms with van der Waals surface area (Å²) in [5, 5.41) is 5.91. The molecule has 0 unspecified atom stereocenters. The summed E-state index contributed by atoms with van der Waals surface area (Å²) in [6.45, 7) is 5.59. The number of nitrogens with one attached hydrogen (secondary N) is 2. The summed E-state index contributed by atoms with van der Waals surface area (Å²) < 4.78 is 10.6. The molecular formula is C22H28N2O5. The normalized spacial score (nSPS) is 25.2. The number of carbonyl (C=O) groups excluding carboxylic acids is 3. The van der Waals surface area contributed by atoms with E-state index in [1.54, 1.807) is 12.1 Å². The predicted molar refractivity (Wildman–Crippen MR) is 108 cm³/mol. The molecule has 1 aromatic carbocycles. The fraction of sp³-hybridized carbons (Fsp3) is 0.500. The molecule has 4 atom stereocenters. The molecule has 0 radical (unpaired) electrons. The number of ether oxygens (including phenoxy) is 2. The van der Waals surface area contributed by atoms with E-state index in [1.165, 1.54) is 6.92 Å². The highest BCUT2D eigenvalue weighted by Gasteiger charge is 2.35. The predicted octanol–water partition coefficient (Wildman–Crippen LogP) is 2.78. The number of rotatable bonds is 6. The molecular weight excluding hydrogens is 372 g/mol. The number of ketones is 1. The molecule has 7 nitrogen and oxygen atoms in total. The average molecular weight is 400 g/mol. The summed E-state index contributed by atoms with van der Waals surface area (Å²) in [7, 11) is 0. The first kappa shape index (κ1) is 20.9. The Hall–Kier alpha value is -2.83. The fourth-order valence-electron chi connectivity index (χ4n) is 3.73. The summed E-state index contributed by atoms with van der Waals surface area (Å²) in [5.74, 6) is -0.737. The van der Waals surface area contributed by atoms with Gasteiger partial charge < -0.3 is 20.1 Å². The molecule has 2 N–H and O–H groups in total. The van der Waals surface area contributed by atoms with Crippen LogP contribution in [0.25, 0.3) is 0 Å². The quantitative estimate of drug-likeness (QED) is 0.563. The van der Waals surface area contributed by atoms with Crippen LogP contribution in [-0.2, 0) is 23.9 Å². The molecule has 1 amide bonds. The minimum absolute atomic E-state index is 0.0496. The number of amides is 1. The van der Waals surface area contributed by atoms with Crippen molar-refractivity contribution in [2.24, 2.45) is 11.8 Å². The summed E-state index contributed by atoms with van der Waals surface area (Å²) in [5.41, 5.74) is 0.474. The van der Waals surface area contributed by atoms with Crippen LogP contribution in [0, 0.1) is 11.8 Å². The molecule has 0 aromatic heterocycles. The molecule has 0 spiro atoms. The van der Waals surface area contributed by atoms with Crippen LogP contribution in [0.2, 0.25) is 0 Å². The number of hydrogen-bond donors (Lipinski definition) is 2. The van der Waals surface area contributed by atoms with E-state index < -0.39 is 17.9 Å². The highest BCUT2D eigenvalue weighted by atomic mass is 16.6. The molecule has 0 bridgehead atoms. The number of hydrogen-bond acceptors (Lipinski definition) is 6. The molecule has 1 fully saturated rings. The summed E-state index contributed by atoms with van der Waals surface area (Å²) in [6.07, 6.45) is 2.13. The second-order valence-electron chi connectivity index (χ2n) is 7.84. The Morgan fingerprint density at radius 2 is 1.90 bits per heavy atom. The third kappa shape index (κ3) is 4.96. The van der Waals surface area contributed by atoms with Gasteiger partial charge in [0.25, 0.3) is 5.91 Å². The molecule has 0 saturated heterocycles. The van der Waals surface area contributed by atoms with Crippen molar-refractivity contribution in [2.75, 3.05) is 11.9 Å². The Balaban J connectivity index is 1.63. The van der Waals surface area contributed by atoms with Gasteiger partial charge in [-0.25, -0.2) is 4.79 Å². The van der Waals surface area contributed by atoms with Gasteiger partial charge in [-0.15, -0.1) is 0 Å². The molecule has 1 heterocycles. The Bertz CT molecular complexity index is 805. The van der Waals surface area contributed by atoms with Crippen molar-refractivity contribution >= 4 is 23.3 Å². The molecule has 3 rings (SSSR count). The van der Waals surface area contributed by atoms with Crippen LogP contribution < -0.4 is 10.6 Å². The van der Waals surface area contributed by atoms with E-state index in [4.69, 9.17) is 9.47 Å². The molecule has 1 saturated carbocycles. The van der Waals surface area contributed by atoms with E-state index >= 15 is 0 Å². The zero-order valence-corrected chi connectivity index (χ0v) is 17.1. The molecule has 1 aliphatic carbocycles. The van der Waals surface area contributed by atoms with Gasteiger partial charge in [-0.3, -0.25) is 9.59 Å². The van der Waals surface area contributed by atoms with Crippen LogP contribution in [0.3, 0.4) is 0 Å². The minimum Gasteiger partial charge on any atom is -0.470 e. The van der Waals surface area contributed by atoms with E-state index in [9.17, 15) is 14.4 Å². The molecule has 2 aliphatic rings. The third-order valence-corrected chi connectivity index (χ3v) is 5.78. The topological polar surface area (TPSA) is 93.7 Å². The van der Waals surface area contributed by atoms with Crippen LogP contribution in [-0.4, -0.2) is 36.4 Å². The first-order valence-electron chi connectivity index (χ1n) is 10.1. The fourth-order valence-corrected chi connectivity index (χ4v) is 3.73. The zero-order valence-electron chi connectivity index (χ0n) is 17.1. The van der Waals surface area contributed by atoms with E-state index in [1.807, 2.05) is 18.2 Å². The third-order valence-electron chi connectivity index (χ3n) is 5.78. The SMILES string of the molecule is C[C@@H]1[C@H](C)CCC[C@@H]1NC(=O)[C@@H](C)OC(=O)C1=C(Nc2ccccc2)OCC1=O. The Morgan fingerprint density at radius 1 is 1.17 bits per heavy atom. The van der Waals surface area contributed by atoms with Gasteiger partial charge in [0.1, 0.15) is 0 Å². The lowest BCUT2D eigenvalue weighted by Crippen LogP contribution is -2.47. The number of esters is 1. The maximum atomic E-state index is 12.6. The lowest BCUT2D eigenvalue weighted by molar-refractivity contribution is -0.152. The lowest BCUT2D eigenvalue weighted by atomic mass is 9.78. The molecule has 29 heavy (non-hydrogen) atoms. The van der Waals surface area contributed by atoms with Crippen LogP contribution in [0.4, 0.5) is 5.69 Å². The van der Waals surface area contributed by atoms with Crippen LogP contribution in [0.1, 0.15) is 40.0 Å². The average Bonchev–Trinajstić information content (AvgIpc) is 3.06. The van der Waals surface area contributed by atoms with E-state index in [2.05, 4.69) is 24.5 Å². The summed E-state index contributed by atoms with van der Waals surface area (Å²) in [4.78, 5) is 37.3. The van der Waals surface area contributed by atoms with Crippen LogP contribution >= 0.6 is 0 Å². The van der Waals surface area contributed by atoms with Crippen molar-refractivity contribution in [3.8, 4) is 0 Å². The Labute approximate surface area is 170 Å². The first-order chi connectivity index (χ1) is 13.9. The summed E-state index contributed by atoms with van der Waals surface area (Å²) in [6, 6.07) is 9.12. The van der Waals surface area contributed by atoms with Crippen molar-refractivity contribution in [2.45, 2.75) is 52.2 Å². The first-order valence-corrected chi connectivity index (χ1v) is 10.1. The monoisotopic (exact) mass is 400 g/mol. The number of anilines is 1. The van der Waals surface area contributed by atoms with Gasteiger partial charge in [-0.2, -0.15) is 0 Å². The van der Waals surface area contributed by atoms with Gasteiger partial charge in [0.05, 0.1) is 0 Å². The Kier molecular flexibility index (Phi) is 6.56. The van der Waals surface area contributed by atoms with Gasteiger partial charge in [-0.05, 0) is 37.3 Å². The highest BCUT2D eigenvalue weighted by Crippen LogP contribution is 2.29. The highest BCUT2D eigenvalue weighted by molar-refractivity contribution is 6.20. The number of Topliss-reactive ketones (excluding diaryl/α,β-unsaturated/α-hetero) is 1. The van der Waals surface area contributed by atoms with E-state index in [0.29, 0.717) is 17.5 Å². The van der Waals surface area contributed by atoms with Gasteiger partial charge in [0.2, 0.25) is 11.7 Å². The zero-order chi connectivity index (χ0) is 21.0. The van der Waals surface area contributed by atoms with E-state index in [0.717, 1.165) is 19.3 Å². The van der Waals surface area contributed by atoms with Crippen molar-refractivity contribution in [3.05, 3.63) is 41.8 Å². The molecule has 1 aromatic rings. The van der Waals surface area contributed by atoms with Gasteiger partial charge in [-0.1, -0.05) is 44.9 Å².